The number of nitrogens with two attached hydrogens (primary N) is 1. The van der Waals surface area contributed by atoms with Crippen molar-refractivity contribution in [1.82, 2.24) is 0 Å². The fraction of sp³-hybridized carbons (Fsp3) is 0.200. The number of halogens is 2. The second-order valence-electron chi connectivity index (χ2n) is 4.36. The Kier molecular flexibility index (Phi) is 5.08. The Morgan fingerprint density at radius 2 is 1.42 bits per heavy atom. The predicted molar refractivity (Wildman–Crippen MR) is 80.1 cm³/mol. The van der Waals surface area contributed by atoms with Crippen molar-refractivity contribution in [3.63, 3.8) is 0 Å². The average molecular weight is 296 g/mol. The van der Waals surface area contributed by atoms with Crippen molar-refractivity contribution in [3.05, 3.63) is 64.1 Å². The summed E-state index contributed by atoms with van der Waals surface area (Å²) in [5.41, 5.74) is 7.19. The number of rotatable bonds is 5. The van der Waals surface area contributed by atoms with Crippen LogP contribution in [0, 0.1) is 0 Å². The van der Waals surface area contributed by atoms with Gasteiger partial charge in [-0.3, -0.25) is 0 Å². The van der Waals surface area contributed by atoms with E-state index in [2.05, 4.69) is 0 Å². The van der Waals surface area contributed by atoms with Crippen molar-refractivity contribution >= 4 is 23.2 Å². The van der Waals surface area contributed by atoms with Crippen LogP contribution in [0.2, 0.25) is 10.0 Å². The smallest absolute Gasteiger partial charge is 0.119 e. The molecule has 0 amide bonds. The molecule has 2 N–H and O–H groups in total. The number of hydrogen-bond acceptors (Lipinski definition) is 2. The first kappa shape index (κ1) is 14.2. The molecular weight excluding hydrogens is 281 g/mol. The minimum atomic E-state index is -0.0585. The summed E-state index contributed by atoms with van der Waals surface area (Å²) in [5, 5.41) is 1.42. The molecule has 100 valence electrons. The van der Waals surface area contributed by atoms with E-state index in [-0.39, 0.29) is 6.04 Å². The van der Waals surface area contributed by atoms with Crippen molar-refractivity contribution in [2.45, 2.75) is 12.5 Å². The normalized spacial score (nSPS) is 12.2. The number of ether oxygens (including phenoxy) is 1. The van der Waals surface area contributed by atoms with Gasteiger partial charge >= 0.3 is 0 Å². The summed E-state index contributed by atoms with van der Waals surface area (Å²) in [6, 6.07) is 14.9. The summed E-state index contributed by atoms with van der Waals surface area (Å²) < 4.78 is 5.61. The standard InChI is InChI=1S/C15H15Cl2NO/c16-12-3-1-11(2-4-12)9-14(18)10-19-15-7-5-13(17)6-8-15/h1-8,14H,9-10,18H2. The van der Waals surface area contributed by atoms with Crippen LogP contribution in [0.25, 0.3) is 0 Å². The Hall–Kier alpha value is -1.22. The van der Waals surface area contributed by atoms with Gasteiger partial charge in [-0.05, 0) is 48.4 Å². The number of benzene rings is 2. The molecule has 4 heteroatoms. The highest BCUT2D eigenvalue weighted by atomic mass is 35.5. The molecule has 0 saturated carbocycles. The lowest BCUT2D eigenvalue weighted by molar-refractivity contribution is 0.287. The molecule has 2 rings (SSSR count). The van der Waals surface area contributed by atoms with Gasteiger partial charge in [0.25, 0.3) is 0 Å². The van der Waals surface area contributed by atoms with E-state index in [1.165, 1.54) is 0 Å². The highest BCUT2D eigenvalue weighted by Crippen LogP contribution is 2.16. The Morgan fingerprint density at radius 1 is 0.895 bits per heavy atom. The molecule has 0 spiro atoms. The Bertz CT molecular complexity index is 511. The first-order valence-electron chi connectivity index (χ1n) is 6.02. The maximum atomic E-state index is 6.04. The third-order valence-corrected chi connectivity index (χ3v) is 3.19. The molecule has 19 heavy (non-hydrogen) atoms. The number of hydrogen-bond donors (Lipinski definition) is 1. The van der Waals surface area contributed by atoms with E-state index in [4.69, 9.17) is 33.7 Å². The van der Waals surface area contributed by atoms with Gasteiger partial charge in [-0.25, -0.2) is 0 Å². The van der Waals surface area contributed by atoms with Gasteiger partial charge in [0, 0.05) is 16.1 Å². The van der Waals surface area contributed by atoms with E-state index in [1.54, 1.807) is 12.1 Å². The molecule has 0 aliphatic heterocycles. The van der Waals surface area contributed by atoms with Gasteiger partial charge in [-0.2, -0.15) is 0 Å². The largest absolute Gasteiger partial charge is 0.492 e. The first-order chi connectivity index (χ1) is 9.13. The molecular formula is C15H15Cl2NO. The highest BCUT2D eigenvalue weighted by molar-refractivity contribution is 6.30. The quantitative estimate of drug-likeness (QED) is 0.907. The van der Waals surface area contributed by atoms with Crippen LogP contribution < -0.4 is 10.5 Å². The van der Waals surface area contributed by atoms with Crippen LogP contribution in [0.15, 0.2) is 48.5 Å². The Morgan fingerprint density at radius 3 is 2.00 bits per heavy atom. The maximum Gasteiger partial charge on any atom is 0.119 e. The summed E-state index contributed by atoms with van der Waals surface area (Å²) in [6.07, 6.45) is 0.755. The molecule has 2 aromatic rings. The second kappa shape index (κ2) is 6.80. The fourth-order valence-corrected chi connectivity index (χ4v) is 1.97. The Balaban J connectivity index is 1.82. The van der Waals surface area contributed by atoms with Crippen molar-refractivity contribution in [2.24, 2.45) is 5.73 Å². The molecule has 2 aromatic carbocycles. The van der Waals surface area contributed by atoms with Gasteiger partial charge in [0.15, 0.2) is 0 Å². The molecule has 0 saturated heterocycles. The fourth-order valence-electron chi connectivity index (χ4n) is 1.72. The van der Waals surface area contributed by atoms with Crippen LogP contribution in [-0.2, 0) is 6.42 Å². The van der Waals surface area contributed by atoms with E-state index in [9.17, 15) is 0 Å². The van der Waals surface area contributed by atoms with Crippen LogP contribution in [0.4, 0.5) is 0 Å². The van der Waals surface area contributed by atoms with Crippen LogP contribution in [0.1, 0.15) is 5.56 Å². The van der Waals surface area contributed by atoms with Gasteiger partial charge in [0.1, 0.15) is 12.4 Å². The average Bonchev–Trinajstić information content (AvgIpc) is 2.41. The van der Waals surface area contributed by atoms with E-state index in [1.807, 2.05) is 36.4 Å². The zero-order chi connectivity index (χ0) is 13.7. The zero-order valence-electron chi connectivity index (χ0n) is 10.4. The lowest BCUT2D eigenvalue weighted by atomic mass is 10.1. The summed E-state index contributed by atoms with van der Waals surface area (Å²) >= 11 is 11.6. The van der Waals surface area contributed by atoms with E-state index in [0.717, 1.165) is 22.8 Å². The second-order valence-corrected chi connectivity index (χ2v) is 5.23. The molecule has 0 fully saturated rings. The summed E-state index contributed by atoms with van der Waals surface area (Å²) in [5.74, 6) is 0.774. The zero-order valence-corrected chi connectivity index (χ0v) is 11.9. The van der Waals surface area contributed by atoms with Crippen LogP contribution in [0.5, 0.6) is 5.75 Å². The van der Waals surface area contributed by atoms with Crippen molar-refractivity contribution in [1.29, 1.82) is 0 Å². The summed E-state index contributed by atoms with van der Waals surface area (Å²) in [6.45, 7) is 0.463. The lowest BCUT2D eigenvalue weighted by Crippen LogP contribution is -2.30. The highest BCUT2D eigenvalue weighted by Gasteiger charge is 2.05. The topological polar surface area (TPSA) is 35.2 Å². The minimum absolute atomic E-state index is 0.0585. The van der Waals surface area contributed by atoms with Crippen LogP contribution in [0.3, 0.4) is 0 Å². The molecule has 0 bridgehead atoms. The van der Waals surface area contributed by atoms with Crippen LogP contribution >= 0.6 is 23.2 Å². The molecule has 0 aliphatic carbocycles. The summed E-state index contributed by atoms with van der Waals surface area (Å²) in [7, 11) is 0. The van der Waals surface area contributed by atoms with Crippen molar-refractivity contribution < 1.29 is 4.74 Å². The van der Waals surface area contributed by atoms with Gasteiger partial charge in [-0.15, -0.1) is 0 Å². The Labute approximate surface area is 123 Å². The van der Waals surface area contributed by atoms with Crippen LogP contribution in [-0.4, -0.2) is 12.6 Å². The molecule has 0 aromatic heterocycles. The summed E-state index contributed by atoms with van der Waals surface area (Å²) in [4.78, 5) is 0. The third kappa shape index (κ3) is 4.75. The van der Waals surface area contributed by atoms with Crippen molar-refractivity contribution in [3.8, 4) is 5.75 Å². The first-order valence-corrected chi connectivity index (χ1v) is 6.77. The molecule has 0 radical (unpaired) electrons. The van der Waals surface area contributed by atoms with Gasteiger partial charge in [-0.1, -0.05) is 35.3 Å². The van der Waals surface area contributed by atoms with E-state index in [0.29, 0.717) is 11.6 Å². The monoisotopic (exact) mass is 295 g/mol. The molecule has 0 heterocycles. The van der Waals surface area contributed by atoms with E-state index >= 15 is 0 Å². The minimum Gasteiger partial charge on any atom is -0.492 e. The van der Waals surface area contributed by atoms with Gasteiger partial charge in [0.2, 0.25) is 0 Å². The predicted octanol–water partition coefficient (Wildman–Crippen LogP) is 3.94. The molecule has 1 unspecified atom stereocenters. The third-order valence-electron chi connectivity index (χ3n) is 2.69. The van der Waals surface area contributed by atoms with Crippen molar-refractivity contribution in [2.75, 3.05) is 6.61 Å². The molecule has 0 aliphatic rings. The van der Waals surface area contributed by atoms with Gasteiger partial charge < -0.3 is 10.5 Å². The SMILES string of the molecule is NC(COc1ccc(Cl)cc1)Cc1ccc(Cl)cc1. The molecule has 1 atom stereocenters. The van der Waals surface area contributed by atoms with Gasteiger partial charge in [0.05, 0.1) is 0 Å². The molecule has 2 nitrogen and oxygen atoms in total. The maximum absolute atomic E-state index is 6.04. The lowest BCUT2D eigenvalue weighted by Gasteiger charge is -2.13. The van der Waals surface area contributed by atoms with E-state index < -0.39 is 0 Å².